The largest absolute Gasteiger partial charge is 0.852 e. The molecule has 30 valence electrons. The fourth-order valence-electron chi connectivity index (χ4n) is 0. The molecule has 0 heterocycles. The van der Waals surface area contributed by atoms with Crippen molar-refractivity contribution in [3.63, 3.8) is 0 Å². The Morgan fingerprint density at radius 3 is 1.40 bits per heavy atom. The summed E-state index contributed by atoms with van der Waals surface area (Å²) in [6.07, 6.45) is -0.417. The van der Waals surface area contributed by atoms with E-state index in [4.69, 9.17) is 0 Å². The van der Waals surface area contributed by atoms with E-state index < -0.39 is 6.10 Å². The molecule has 0 saturated carbocycles. The van der Waals surface area contributed by atoms with Crippen LogP contribution in [0.5, 0.6) is 0 Å². The molecule has 0 radical (unpaired) electrons. The smallest absolute Gasteiger partial charge is 0 e. The Morgan fingerprint density at radius 2 is 1.40 bits per heavy atom. The first kappa shape index (κ1) is 9.28. The molecule has 1 nitrogen and oxygen atoms in total. The molecule has 5 heavy (non-hydrogen) atoms. The molecule has 0 atom stereocenters. The van der Waals surface area contributed by atoms with E-state index in [-0.39, 0.29) is 26.2 Å². The molecule has 0 spiro atoms. The molecule has 0 amide bonds. The van der Waals surface area contributed by atoms with Gasteiger partial charge in [0.05, 0.1) is 0 Å². The van der Waals surface area contributed by atoms with Gasteiger partial charge in [-0.15, -0.1) is 6.10 Å². The van der Waals surface area contributed by atoms with Crippen LogP contribution >= 0.6 is 0 Å². The van der Waals surface area contributed by atoms with Crippen molar-refractivity contribution in [1.82, 2.24) is 0 Å². The van der Waals surface area contributed by atoms with Crippen molar-refractivity contribution in [3.05, 3.63) is 0 Å². The van der Waals surface area contributed by atoms with Crippen molar-refractivity contribution < 1.29 is 31.3 Å². The second kappa shape index (κ2) is 4.84. The van der Waals surface area contributed by atoms with E-state index in [0.717, 1.165) is 0 Å². The molecule has 0 aliphatic carbocycles. The summed E-state index contributed by atoms with van der Waals surface area (Å²) in [5.41, 5.74) is 0. The second-order valence-corrected chi connectivity index (χ2v) is 1.05. The van der Waals surface area contributed by atoms with E-state index in [2.05, 4.69) is 0 Å². The minimum Gasteiger partial charge on any atom is -0.852 e. The van der Waals surface area contributed by atoms with Gasteiger partial charge < -0.3 is 5.11 Å². The summed E-state index contributed by atoms with van der Waals surface area (Å²) in [6, 6.07) is 0. The molecule has 0 aliphatic rings. The average molecular weight is 150 g/mol. The first-order chi connectivity index (χ1) is 1.73. The molecule has 2 heteroatoms. The van der Waals surface area contributed by atoms with Crippen LogP contribution in [0.3, 0.4) is 0 Å². The summed E-state index contributed by atoms with van der Waals surface area (Å²) in [5.74, 6) is 0. The van der Waals surface area contributed by atoms with Gasteiger partial charge in [0.15, 0.2) is 0 Å². The summed E-state index contributed by atoms with van der Waals surface area (Å²) in [4.78, 5) is 0. The van der Waals surface area contributed by atoms with Crippen LogP contribution in [-0.4, -0.2) is 6.10 Å². The number of rotatable bonds is 0. The Morgan fingerprint density at radius 1 is 1.40 bits per heavy atom. The zero-order valence-electron chi connectivity index (χ0n) is 3.49. The van der Waals surface area contributed by atoms with Gasteiger partial charge in [-0.1, -0.05) is 13.8 Å². The van der Waals surface area contributed by atoms with Crippen LogP contribution < -0.4 is 5.11 Å². The molecule has 0 bridgehead atoms. The van der Waals surface area contributed by atoms with Crippen molar-refractivity contribution in [3.8, 4) is 0 Å². The predicted octanol–water partition coefficient (Wildman–Crippen LogP) is -0.247. The van der Waals surface area contributed by atoms with E-state index in [1.54, 1.807) is 13.8 Å². The third-order valence-corrected chi connectivity index (χ3v) is 0. The summed E-state index contributed by atoms with van der Waals surface area (Å²) < 4.78 is 0. The minimum absolute atomic E-state index is 0. The molecular weight excluding hydrogens is 143 g/mol. The van der Waals surface area contributed by atoms with Gasteiger partial charge in [-0.25, -0.2) is 0 Å². The summed E-state index contributed by atoms with van der Waals surface area (Å²) in [7, 11) is 0. The third-order valence-electron chi connectivity index (χ3n) is 0. The number of hydrogen-bond donors (Lipinski definition) is 0. The fraction of sp³-hybridized carbons (Fsp3) is 1.00. The van der Waals surface area contributed by atoms with Crippen LogP contribution in [0.2, 0.25) is 0 Å². The van der Waals surface area contributed by atoms with Gasteiger partial charge in [0.2, 0.25) is 0 Å². The van der Waals surface area contributed by atoms with E-state index >= 15 is 0 Å². The maximum atomic E-state index is 9.53. The molecule has 0 unspecified atom stereocenters. The van der Waals surface area contributed by atoms with Gasteiger partial charge in [0.1, 0.15) is 0 Å². The second-order valence-electron chi connectivity index (χ2n) is 1.05. The standard InChI is InChI=1S/C3H7O.Zr/c1-3(2)4;/h3H,1-2H3;/q-1;. The molecule has 0 aliphatic heterocycles. The minimum atomic E-state index is -0.417. The zero-order chi connectivity index (χ0) is 3.58. The molecule has 0 aromatic carbocycles. The first-order valence-corrected chi connectivity index (χ1v) is 1.39. The van der Waals surface area contributed by atoms with E-state index in [1.165, 1.54) is 0 Å². The quantitative estimate of drug-likeness (QED) is 0.467. The van der Waals surface area contributed by atoms with Crippen molar-refractivity contribution in [2.75, 3.05) is 0 Å². The summed E-state index contributed by atoms with van der Waals surface area (Å²) >= 11 is 0. The zero-order valence-corrected chi connectivity index (χ0v) is 5.94. The van der Waals surface area contributed by atoms with Crippen LogP contribution in [0.15, 0.2) is 0 Å². The van der Waals surface area contributed by atoms with E-state index in [9.17, 15) is 5.11 Å². The average Bonchev–Trinajstić information content (AvgIpc) is 0.811. The molecule has 0 saturated heterocycles. The van der Waals surface area contributed by atoms with Crippen molar-refractivity contribution >= 4 is 0 Å². The van der Waals surface area contributed by atoms with Gasteiger partial charge in [0, 0.05) is 26.2 Å². The maximum absolute atomic E-state index is 9.53. The van der Waals surface area contributed by atoms with Crippen LogP contribution in [-0.2, 0) is 26.2 Å². The van der Waals surface area contributed by atoms with Crippen molar-refractivity contribution in [1.29, 1.82) is 0 Å². The van der Waals surface area contributed by atoms with Crippen LogP contribution in [0, 0.1) is 0 Å². The first-order valence-electron chi connectivity index (χ1n) is 1.39. The Hall–Kier alpha value is 0.843. The molecule has 0 N–H and O–H groups in total. The van der Waals surface area contributed by atoms with Crippen LogP contribution in [0.4, 0.5) is 0 Å². The SMILES string of the molecule is CC(C)[O-].[Zr]. The topological polar surface area (TPSA) is 23.1 Å². The van der Waals surface area contributed by atoms with Gasteiger partial charge in [-0.2, -0.15) is 0 Å². The van der Waals surface area contributed by atoms with Gasteiger partial charge in [-0.3, -0.25) is 0 Å². The Balaban J connectivity index is 0. The normalized spacial score (nSPS) is 7.20. The van der Waals surface area contributed by atoms with Crippen LogP contribution in [0.1, 0.15) is 13.8 Å². The Bertz CT molecular complexity index is 11.6. The molecule has 0 aromatic rings. The molecular formula is C3H7OZr-. The van der Waals surface area contributed by atoms with E-state index in [0.29, 0.717) is 0 Å². The van der Waals surface area contributed by atoms with Crippen molar-refractivity contribution in [2.24, 2.45) is 0 Å². The predicted molar refractivity (Wildman–Crippen MR) is 15.1 cm³/mol. The number of hydrogen-bond acceptors (Lipinski definition) is 1. The summed E-state index contributed by atoms with van der Waals surface area (Å²) in [5, 5.41) is 9.53. The third kappa shape index (κ3) is 55.1. The van der Waals surface area contributed by atoms with Gasteiger partial charge >= 0.3 is 0 Å². The van der Waals surface area contributed by atoms with Crippen molar-refractivity contribution in [2.45, 2.75) is 20.0 Å². The molecule has 0 aromatic heterocycles. The Labute approximate surface area is 51.5 Å². The monoisotopic (exact) mass is 149 g/mol. The summed E-state index contributed by atoms with van der Waals surface area (Å²) in [6.45, 7) is 3.22. The van der Waals surface area contributed by atoms with E-state index in [1.807, 2.05) is 0 Å². The van der Waals surface area contributed by atoms with Gasteiger partial charge in [-0.05, 0) is 0 Å². The molecule has 0 rings (SSSR count). The Kier molecular flexibility index (Phi) is 8.99. The fourth-order valence-corrected chi connectivity index (χ4v) is 0. The maximum Gasteiger partial charge on any atom is 0 e. The molecule has 0 fully saturated rings. The van der Waals surface area contributed by atoms with Gasteiger partial charge in [0.25, 0.3) is 0 Å². The van der Waals surface area contributed by atoms with Crippen LogP contribution in [0.25, 0.3) is 0 Å².